The van der Waals surface area contributed by atoms with E-state index in [9.17, 15) is 0 Å². The van der Waals surface area contributed by atoms with Crippen molar-refractivity contribution in [2.75, 3.05) is 0 Å². The first-order valence-corrected chi connectivity index (χ1v) is 10.4. The molecule has 0 spiro atoms. The molecule has 60 valence electrons. The van der Waals surface area contributed by atoms with E-state index in [4.69, 9.17) is 0 Å². The Kier molecular flexibility index (Phi) is 4.58. The van der Waals surface area contributed by atoms with Crippen molar-refractivity contribution < 1.29 is 0 Å². The maximum atomic E-state index is 3.06. The Bertz CT molecular complexity index is 106. The summed E-state index contributed by atoms with van der Waals surface area (Å²) < 4.78 is 0. The summed E-state index contributed by atoms with van der Waals surface area (Å²) in [7, 11) is 7.34. The fourth-order valence-electron chi connectivity index (χ4n) is 1.63. The Balaban J connectivity index is 2.38. The lowest BCUT2D eigenvalue weighted by Gasteiger charge is -2.21. The lowest BCUT2D eigenvalue weighted by Crippen LogP contribution is -2.03. The van der Waals surface area contributed by atoms with Gasteiger partial charge in [0.1, 0.15) is 0 Å². The normalized spacial score (nSPS) is 37.5. The van der Waals surface area contributed by atoms with Crippen LogP contribution in [0.4, 0.5) is 0 Å². The molecule has 0 radical (unpaired) electrons. The van der Waals surface area contributed by atoms with E-state index in [2.05, 4.69) is 24.8 Å². The van der Waals surface area contributed by atoms with Gasteiger partial charge in [-0.15, -0.1) is 17.9 Å². The van der Waals surface area contributed by atoms with Crippen molar-refractivity contribution >= 4 is 33.1 Å². The van der Waals surface area contributed by atoms with Gasteiger partial charge in [0.25, 0.3) is 0 Å². The SMILES string of the molecule is CC1CCCC1P(P)PP. The highest BCUT2D eigenvalue weighted by atomic mass is 32.6. The predicted molar refractivity (Wildman–Crippen MR) is 61.5 cm³/mol. The molecule has 1 saturated carbocycles. The molecule has 0 bridgehead atoms. The minimum absolute atomic E-state index is 0.289. The molecule has 1 aliphatic rings. The van der Waals surface area contributed by atoms with Gasteiger partial charge in [-0.3, -0.25) is 0 Å². The van der Waals surface area contributed by atoms with Crippen LogP contribution in [0.1, 0.15) is 26.2 Å². The lowest BCUT2D eigenvalue weighted by molar-refractivity contribution is 0.623. The van der Waals surface area contributed by atoms with E-state index in [0.717, 1.165) is 19.5 Å². The summed E-state index contributed by atoms with van der Waals surface area (Å²) in [6, 6.07) is 0. The van der Waals surface area contributed by atoms with Gasteiger partial charge < -0.3 is 0 Å². The zero-order valence-electron chi connectivity index (χ0n) is 6.38. The molecule has 6 unspecified atom stereocenters. The number of hydrogen-bond acceptors (Lipinski definition) is 0. The van der Waals surface area contributed by atoms with Crippen molar-refractivity contribution in [1.82, 2.24) is 0 Å². The second-order valence-corrected chi connectivity index (χ2v) is 12.6. The van der Waals surface area contributed by atoms with Crippen LogP contribution in [0, 0.1) is 5.92 Å². The monoisotopic (exact) mass is 212 g/mol. The third kappa shape index (κ3) is 2.35. The van der Waals surface area contributed by atoms with Crippen molar-refractivity contribution in [3.05, 3.63) is 0 Å². The smallest absolute Gasteiger partial charge is 0.0110 e. The Morgan fingerprint density at radius 3 is 2.60 bits per heavy atom. The molecule has 0 aromatic carbocycles. The van der Waals surface area contributed by atoms with Crippen LogP contribution in [-0.2, 0) is 0 Å². The van der Waals surface area contributed by atoms with Crippen LogP contribution in [0.15, 0.2) is 0 Å². The van der Waals surface area contributed by atoms with Crippen LogP contribution in [0.5, 0.6) is 0 Å². The first-order chi connectivity index (χ1) is 4.75. The molecule has 0 aromatic heterocycles. The zero-order valence-corrected chi connectivity index (χ0v) is 10.6. The van der Waals surface area contributed by atoms with Crippen LogP contribution in [-0.4, -0.2) is 5.66 Å². The van der Waals surface area contributed by atoms with Crippen molar-refractivity contribution in [2.45, 2.75) is 31.8 Å². The molecule has 0 aliphatic heterocycles. The summed E-state index contributed by atoms with van der Waals surface area (Å²) in [5.41, 5.74) is 1.07. The number of rotatable bonds is 2. The van der Waals surface area contributed by atoms with Gasteiger partial charge in [-0.25, -0.2) is 0 Å². The zero-order chi connectivity index (χ0) is 7.56. The van der Waals surface area contributed by atoms with Crippen molar-refractivity contribution in [3.63, 3.8) is 0 Å². The molecule has 1 rings (SSSR count). The van der Waals surface area contributed by atoms with Crippen LogP contribution < -0.4 is 0 Å². The standard InChI is InChI=1S/C6H16P4/c1-5-3-2-4-6(5)10(8)9-7/h5-6,9H,2-4,7-8H2,1H3. The highest BCUT2D eigenvalue weighted by molar-refractivity contribution is 8.61. The molecule has 0 amide bonds. The molecule has 0 nitrogen and oxygen atoms in total. The van der Waals surface area contributed by atoms with E-state index in [-0.39, 0.29) is 7.30 Å². The van der Waals surface area contributed by atoms with Crippen LogP contribution in [0.2, 0.25) is 0 Å². The predicted octanol–water partition coefficient (Wildman–Crippen LogP) is 3.83. The Labute approximate surface area is 71.3 Å². The highest BCUT2D eigenvalue weighted by Crippen LogP contribution is 2.72. The van der Waals surface area contributed by atoms with Gasteiger partial charge in [-0.1, -0.05) is 35.0 Å². The molecule has 4 heteroatoms. The van der Waals surface area contributed by atoms with Crippen LogP contribution in [0.25, 0.3) is 0 Å². The summed E-state index contributed by atoms with van der Waals surface area (Å²) in [5.74, 6) is 1.01. The van der Waals surface area contributed by atoms with Gasteiger partial charge >= 0.3 is 0 Å². The summed E-state index contributed by atoms with van der Waals surface area (Å²) in [5, 5.41) is 0. The lowest BCUT2D eigenvalue weighted by atomic mass is 10.1. The Hall–Kier alpha value is 1.72. The van der Waals surface area contributed by atoms with E-state index < -0.39 is 0 Å². The number of hydrogen-bond donors (Lipinski definition) is 0. The molecule has 10 heavy (non-hydrogen) atoms. The summed E-state index contributed by atoms with van der Waals surface area (Å²) >= 11 is 0. The average molecular weight is 212 g/mol. The maximum Gasteiger partial charge on any atom is -0.0110 e. The fourth-order valence-corrected chi connectivity index (χ4v) is 7.76. The van der Waals surface area contributed by atoms with Crippen molar-refractivity contribution in [1.29, 1.82) is 0 Å². The van der Waals surface area contributed by atoms with E-state index in [1.165, 1.54) is 19.3 Å². The molecule has 0 N–H and O–H groups in total. The second-order valence-electron chi connectivity index (χ2n) is 3.01. The molecule has 6 atom stereocenters. The van der Waals surface area contributed by atoms with Crippen molar-refractivity contribution in [3.8, 4) is 0 Å². The fraction of sp³-hybridized carbons (Fsp3) is 1.00. The van der Waals surface area contributed by atoms with Crippen molar-refractivity contribution in [2.24, 2.45) is 5.92 Å². The first-order valence-electron chi connectivity index (χ1n) is 3.76. The van der Waals surface area contributed by atoms with E-state index in [1.807, 2.05) is 0 Å². The topological polar surface area (TPSA) is 0 Å². The first kappa shape index (κ1) is 9.81. The van der Waals surface area contributed by atoms with Gasteiger partial charge in [0, 0.05) is 0 Å². The molecule has 1 fully saturated rings. The van der Waals surface area contributed by atoms with Gasteiger partial charge in [0.05, 0.1) is 0 Å². The largest absolute Gasteiger partial charge is 0.110 e. The second kappa shape index (κ2) is 4.67. The molecular weight excluding hydrogens is 196 g/mol. The van der Waals surface area contributed by atoms with Gasteiger partial charge in [-0.05, 0) is 18.0 Å². The third-order valence-electron chi connectivity index (χ3n) is 2.32. The van der Waals surface area contributed by atoms with E-state index >= 15 is 0 Å². The summed E-state index contributed by atoms with van der Waals surface area (Å²) in [4.78, 5) is 0. The summed E-state index contributed by atoms with van der Waals surface area (Å²) in [6.45, 7) is 2.42. The maximum absolute atomic E-state index is 3.06. The quantitative estimate of drug-likeness (QED) is 0.610. The minimum atomic E-state index is 0.289. The molecular formula is C6H16P4. The molecule has 1 aliphatic carbocycles. The minimum Gasteiger partial charge on any atom is -0.110 e. The Morgan fingerprint density at radius 2 is 2.20 bits per heavy atom. The Morgan fingerprint density at radius 1 is 1.50 bits per heavy atom. The van der Waals surface area contributed by atoms with Gasteiger partial charge in [0.15, 0.2) is 0 Å². The molecule has 0 aromatic rings. The molecule has 0 saturated heterocycles. The third-order valence-corrected chi connectivity index (χ3v) is 13.8. The van der Waals surface area contributed by atoms with E-state index in [1.54, 1.807) is 0 Å². The summed E-state index contributed by atoms with van der Waals surface area (Å²) in [6.07, 6.45) is 4.46. The van der Waals surface area contributed by atoms with Gasteiger partial charge in [-0.2, -0.15) is 0 Å². The van der Waals surface area contributed by atoms with Crippen LogP contribution >= 0.6 is 33.1 Å². The van der Waals surface area contributed by atoms with E-state index in [0.29, 0.717) is 0 Å². The highest BCUT2D eigenvalue weighted by Gasteiger charge is 2.27. The molecule has 0 heterocycles. The van der Waals surface area contributed by atoms with Gasteiger partial charge in [0.2, 0.25) is 0 Å². The average Bonchev–Trinajstić information content (AvgIpc) is 2.34. The van der Waals surface area contributed by atoms with Crippen LogP contribution in [0.3, 0.4) is 0 Å².